The van der Waals surface area contributed by atoms with E-state index >= 15 is 0 Å². The van der Waals surface area contributed by atoms with Crippen molar-refractivity contribution in [3.63, 3.8) is 0 Å². The summed E-state index contributed by atoms with van der Waals surface area (Å²) in [5, 5.41) is 2.87. The number of nitrogens with two attached hydrogens (primary N) is 1. The van der Waals surface area contributed by atoms with Crippen molar-refractivity contribution in [2.24, 2.45) is 5.73 Å². The first-order valence-corrected chi connectivity index (χ1v) is 7.01. The summed E-state index contributed by atoms with van der Waals surface area (Å²) in [5.74, 6) is 0.876. The lowest BCUT2D eigenvalue weighted by atomic mass is 10.2. The zero-order chi connectivity index (χ0) is 13.5. The van der Waals surface area contributed by atoms with Gasteiger partial charge in [-0.2, -0.15) is 0 Å². The maximum absolute atomic E-state index is 11.4. The summed E-state index contributed by atoms with van der Waals surface area (Å²) in [4.78, 5) is 11.4. The molecule has 0 unspecified atom stereocenters. The van der Waals surface area contributed by atoms with Crippen molar-refractivity contribution in [1.29, 1.82) is 0 Å². The molecule has 0 spiro atoms. The van der Waals surface area contributed by atoms with Crippen LogP contribution in [0.2, 0.25) is 0 Å². The third-order valence-electron chi connectivity index (χ3n) is 3.42. The van der Waals surface area contributed by atoms with E-state index in [4.69, 9.17) is 10.5 Å². The third-order valence-corrected chi connectivity index (χ3v) is 3.42. The van der Waals surface area contributed by atoms with Crippen LogP contribution in [0.1, 0.15) is 37.7 Å². The summed E-state index contributed by atoms with van der Waals surface area (Å²) in [6.45, 7) is 0.883. The fourth-order valence-electron chi connectivity index (χ4n) is 2.36. The molecule has 0 aliphatic heterocycles. The average molecular weight is 262 g/mol. The molecule has 4 heteroatoms. The topological polar surface area (TPSA) is 64.4 Å². The lowest BCUT2D eigenvalue weighted by Crippen LogP contribution is -2.25. The zero-order valence-electron chi connectivity index (χ0n) is 11.2. The van der Waals surface area contributed by atoms with Crippen LogP contribution in [0.25, 0.3) is 0 Å². The molecule has 2 rings (SSSR count). The molecule has 0 atom stereocenters. The molecule has 1 aromatic rings. The van der Waals surface area contributed by atoms with Crippen molar-refractivity contribution in [3.8, 4) is 5.75 Å². The molecule has 104 valence electrons. The molecular formula is C15H22N2O2. The maximum Gasteiger partial charge on any atom is 0.221 e. The van der Waals surface area contributed by atoms with Crippen LogP contribution < -0.4 is 15.8 Å². The molecule has 3 N–H and O–H groups in total. The highest BCUT2D eigenvalue weighted by Gasteiger charge is 2.17. The molecule has 0 saturated heterocycles. The highest BCUT2D eigenvalue weighted by Crippen LogP contribution is 2.26. The Hall–Kier alpha value is -1.55. The van der Waals surface area contributed by atoms with Crippen LogP contribution in [0, 0.1) is 0 Å². The van der Waals surface area contributed by atoms with E-state index in [-0.39, 0.29) is 5.91 Å². The number of hydrogen-bond acceptors (Lipinski definition) is 3. The summed E-state index contributed by atoms with van der Waals surface area (Å²) < 4.78 is 6.02. The Balaban J connectivity index is 1.93. The van der Waals surface area contributed by atoms with Gasteiger partial charge in [0.1, 0.15) is 5.75 Å². The molecule has 1 aromatic carbocycles. The molecule has 0 radical (unpaired) electrons. The molecule has 4 nitrogen and oxygen atoms in total. The monoisotopic (exact) mass is 262 g/mol. The number of ether oxygens (including phenoxy) is 1. The van der Waals surface area contributed by atoms with Crippen molar-refractivity contribution in [1.82, 2.24) is 5.32 Å². The van der Waals surface area contributed by atoms with Crippen LogP contribution >= 0.6 is 0 Å². The number of amides is 1. The minimum absolute atomic E-state index is 0.0156. The van der Waals surface area contributed by atoms with E-state index in [9.17, 15) is 4.79 Å². The molecule has 1 aliphatic rings. The van der Waals surface area contributed by atoms with Crippen LogP contribution in [0.3, 0.4) is 0 Å². The number of rotatable bonds is 6. The largest absolute Gasteiger partial charge is 0.490 e. The second kappa shape index (κ2) is 7.14. The highest BCUT2D eigenvalue weighted by atomic mass is 16.5. The fourth-order valence-corrected chi connectivity index (χ4v) is 2.36. The predicted molar refractivity (Wildman–Crippen MR) is 74.8 cm³/mol. The predicted octanol–water partition coefficient (Wildman–Crippen LogP) is 1.97. The van der Waals surface area contributed by atoms with Gasteiger partial charge in [0.15, 0.2) is 0 Å². The number of nitrogens with one attached hydrogen (secondary N) is 1. The van der Waals surface area contributed by atoms with Gasteiger partial charge in [0.2, 0.25) is 5.91 Å². The Morgan fingerprint density at radius 1 is 1.32 bits per heavy atom. The van der Waals surface area contributed by atoms with Crippen LogP contribution in [-0.2, 0) is 11.3 Å². The Bertz CT molecular complexity index is 414. The lowest BCUT2D eigenvalue weighted by molar-refractivity contribution is -0.121. The van der Waals surface area contributed by atoms with Gasteiger partial charge in [-0.15, -0.1) is 0 Å². The summed E-state index contributed by atoms with van der Waals surface area (Å²) in [6.07, 6.45) is 5.47. The van der Waals surface area contributed by atoms with E-state index in [0.29, 0.717) is 25.6 Å². The van der Waals surface area contributed by atoms with Crippen molar-refractivity contribution in [2.75, 3.05) is 6.54 Å². The SMILES string of the molecule is NCCC(=O)NCc1ccccc1OC1CCCC1. The summed E-state index contributed by atoms with van der Waals surface area (Å²) in [6, 6.07) is 7.90. The molecule has 1 amide bonds. The first kappa shape index (κ1) is 13.9. The Labute approximate surface area is 114 Å². The van der Waals surface area contributed by atoms with E-state index in [1.165, 1.54) is 12.8 Å². The van der Waals surface area contributed by atoms with E-state index in [1.54, 1.807) is 0 Å². The van der Waals surface area contributed by atoms with Gasteiger partial charge in [-0.05, 0) is 31.7 Å². The summed E-state index contributed by atoms with van der Waals surface area (Å²) >= 11 is 0. The van der Waals surface area contributed by atoms with E-state index in [0.717, 1.165) is 24.2 Å². The van der Waals surface area contributed by atoms with Crippen molar-refractivity contribution in [2.45, 2.75) is 44.8 Å². The lowest BCUT2D eigenvalue weighted by Gasteiger charge is -2.16. The van der Waals surface area contributed by atoms with Gasteiger partial charge >= 0.3 is 0 Å². The minimum Gasteiger partial charge on any atom is -0.490 e. The molecule has 0 aromatic heterocycles. The molecular weight excluding hydrogens is 240 g/mol. The van der Waals surface area contributed by atoms with Gasteiger partial charge < -0.3 is 15.8 Å². The number of para-hydroxylation sites is 1. The summed E-state index contributed by atoms with van der Waals surface area (Å²) in [5.41, 5.74) is 6.38. The molecule has 0 bridgehead atoms. The number of carbonyl (C=O) groups is 1. The van der Waals surface area contributed by atoms with Gasteiger partial charge in [0.05, 0.1) is 6.10 Å². The molecule has 1 fully saturated rings. The van der Waals surface area contributed by atoms with Gasteiger partial charge in [-0.25, -0.2) is 0 Å². The normalized spacial score (nSPS) is 15.4. The quantitative estimate of drug-likeness (QED) is 0.824. The van der Waals surface area contributed by atoms with Gasteiger partial charge in [0, 0.05) is 25.1 Å². The van der Waals surface area contributed by atoms with E-state index in [2.05, 4.69) is 5.32 Å². The van der Waals surface area contributed by atoms with Gasteiger partial charge in [0.25, 0.3) is 0 Å². The van der Waals surface area contributed by atoms with Crippen LogP contribution in [0.15, 0.2) is 24.3 Å². The second-order valence-electron chi connectivity index (χ2n) is 4.95. The van der Waals surface area contributed by atoms with Crippen LogP contribution in [0.4, 0.5) is 0 Å². The average Bonchev–Trinajstić information content (AvgIpc) is 2.91. The molecule has 1 aliphatic carbocycles. The number of hydrogen-bond donors (Lipinski definition) is 2. The summed E-state index contributed by atoms with van der Waals surface area (Å²) in [7, 11) is 0. The first-order valence-electron chi connectivity index (χ1n) is 7.01. The maximum atomic E-state index is 11.4. The third kappa shape index (κ3) is 4.24. The zero-order valence-corrected chi connectivity index (χ0v) is 11.2. The molecule has 0 heterocycles. The van der Waals surface area contributed by atoms with E-state index < -0.39 is 0 Å². The molecule has 19 heavy (non-hydrogen) atoms. The minimum atomic E-state index is -0.0156. The van der Waals surface area contributed by atoms with Crippen LogP contribution in [0.5, 0.6) is 5.75 Å². The standard InChI is InChI=1S/C15H22N2O2/c16-10-9-15(18)17-11-12-5-1-4-8-14(12)19-13-6-2-3-7-13/h1,4-5,8,13H,2-3,6-7,9-11,16H2,(H,17,18). The highest BCUT2D eigenvalue weighted by molar-refractivity contribution is 5.76. The fraction of sp³-hybridized carbons (Fsp3) is 0.533. The van der Waals surface area contributed by atoms with Gasteiger partial charge in [-0.3, -0.25) is 4.79 Å². The second-order valence-corrected chi connectivity index (χ2v) is 4.95. The van der Waals surface area contributed by atoms with E-state index in [1.807, 2.05) is 24.3 Å². The van der Waals surface area contributed by atoms with Crippen LogP contribution in [-0.4, -0.2) is 18.6 Å². The Kier molecular flexibility index (Phi) is 5.21. The Morgan fingerprint density at radius 3 is 2.79 bits per heavy atom. The Morgan fingerprint density at radius 2 is 2.05 bits per heavy atom. The number of benzene rings is 1. The van der Waals surface area contributed by atoms with Crippen molar-refractivity contribution < 1.29 is 9.53 Å². The number of carbonyl (C=O) groups excluding carboxylic acids is 1. The van der Waals surface area contributed by atoms with Crippen molar-refractivity contribution in [3.05, 3.63) is 29.8 Å². The smallest absolute Gasteiger partial charge is 0.221 e. The first-order chi connectivity index (χ1) is 9.29. The molecule has 1 saturated carbocycles. The van der Waals surface area contributed by atoms with Gasteiger partial charge in [-0.1, -0.05) is 18.2 Å². The van der Waals surface area contributed by atoms with Crippen molar-refractivity contribution >= 4 is 5.91 Å².